The lowest BCUT2D eigenvalue weighted by Crippen LogP contribution is -2.05. The Labute approximate surface area is 121 Å². The van der Waals surface area contributed by atoms with E-state index >= 15 is 0 Å². The second kappa shape index (κ2) is 5.35. The van der Waals surface area contributed by atoms with Crippen LogP contribution in [0.1, 0.15) is 11.1 Å². The first-order valence-corrected chi connectivity index (χ1v) is 8.16. The molecule has 19 heavy (non-hydrogen) atoms. The lowest BCUT2D eigenvalue weighted by atomic mass is 10.2. The third-order valence-corrected chi connectivity index (χ3v) is 5.22. The van der Waals surface area contributed by atoms with Crippen molar-refractivity contribution in [2.24, 2.45) is 0 Å². The Hall–Kier alpha value is -1.33. The third kappa shape index (κ3) is 3.36. The SMILES string of the molecule is Cc1ccc(S(=O)(=O)Cc2ccc(Br)c(N)c2)cc1. The topological polar surface area (TPSA) is 60.2 Å². The summed E-state index contributed by atoms with van der Waals surface area (Å²) in [6, 6.07) is 12.0. The van der Waals surface area contributed by atoms with Crippen molar-refractivity contribution >= 4 is 31.5 Å². The summed E-state index contributed by atoms with van der Waals surface area (Å²) in [5, 5.41) is 0. The highest BCUT2D eigenvalue weighted by Gasteiger charge is 2.15. The molecule has 2 N–H and O–H groups in total. The van der Waals surface area contributed by atoms with Crippen LogP contribution in [0.2, 0.25) is 0 Å². The van der Waals surface area contributed by atoms with Gasteiger partial charge in [0.1, 0.15) is 0 Å². The zero-order chi connectivity index (χ0) is 14.0. The lowest BCUT2D eigenvalue weighted by Gasteiger charge is -2.07. The smallest absolute Gasteiger partial charge is 0.182 e. The van der Waals surface area contributed by atoms with E-state index in [1.165, 1.54) is 0 Å². The molecule has 0 heterocycles. The molecule has 0 radical (unpaired) electrons. The first kappa shape index (κ1) is 14.1. The number of hydrogen-bond donors (Lipinski definition) is 1. The molecule has 0 saturated heterocycles. The van der Waals surface area contributed by atoms with Gasteiger partial charge in [-0.15, -0.1) is 0 Å². The zero-order valence-corrected chi connectivity index (χ0v) is 12.8. The van der Waals surface area contributed by atoms with Crippen molar-refractivity contribution in [3.05, 3.63) is 58.1 Å². The molecule has 0 amide bonds. The normalized spacial score (nSPS) is 11.5. The largest absolute Gasteiger partial charge is 0.398 e. The Bertz CT molecular complexity index is 694. The van der Waals surface area contributed by atoms with Crippen molar-refractivity contribution in [3.63, 3.8) is 0 Å². The molecule has 0 atom stereocenters. The fourth-order valence-electron chi connectivity index (χ4n) is 1.73. The maximum atomic E-state index is 12.3. The van der Waals surface area contributed by atoms with E-state index in [2.05, 4.69) is 15.9 Å². The van der Waals surface area contributed by atoms with Gasteiger partial charge in [-0.05, 0) is 52.7 Å². The molecule has 0 spiro atoms. The standard InChI is InChI=1S/C14H14BrNO2S/c1-10-2-5-12(6-3-10)19(17,18)9-11-4-7-13(15)14(16)8-11/h2-8H,9,16H2,1H3. The lowest BCUT2D eigenvalue weighted by molar-refractivity contribution is 0.595. The second-order valence-corrected chi connectivity index (χ2v) is 7.27. The van der Waals surface area contributed by atoms with Gasteiger partial charge in [0.2, 0.25) is 0 Å². The van der Waals surface area contributed by atoms with Crippen LogP contribution in [-0.4, -0.2) is 8.42 Å². The van der Waals surface area contributed by atoms with Gasteiger partial charge in [0, 0.05) is 10.2 Å². The highest BCUT2D eigenvalue weighted by atomic mass is 79.9. The Morgan fingerprint density at radius 1 is 1.11 bits per heavy atom. The van der Waals surface area contributed by atoms with Crippen LogP contribution >= 0.6 is 15.9 Å². The van der Waals surface area contributed by atoms with Gasteiger partial charge in [-0.1, -0.05) is 23.8 Å². The molecule has 0 aliphatic heterocycles. The molecule has 100 valence electrons. The van der Waals surface area contributed by atoms with Crippen LogP contribution in [0.25, 0.3) is 0 Å². The van der Waals surface area contributed by atoms with E-state index in [9.17, 15) is 8.42 Å². The molecule has 0 aliphatic carbocycles. The van der Waals surface area contributed by atoms with E-state index in [-0.39, 0.29) is 5.75 Å². The molecular formula is C14H14BrNO2S. The number of benzene rings is 2. The highest BCUT2D eigenvalue weighted by molar-refractivity contribution is 9.10. The average molecular weight is 340 g/mol. The van der Waals surface area contributed by atoms with E-state index in [4.69, 9.17) is 5.73 Å². The van der Waals surface area contributed by atoms with E-state index in [1.807, 2.05) is 6.92 Å². The fourth-order valence-corrected chi connectivity index (χ4v) is 3.31. The average Bonchev–Trinajstić information content (AvgIpc) is 2.34. The Kier molecular flexibility index (Phi) is 3.96. The van der Waals surface area contributed by atoms with E-state index in [1.54, 1.807) is 42.5 Å². The molecule has 0 bridgehead atoms. The molecule has 2 aromatic carbocycles. The van der Waals surface area contributed by atoms with Gasteiger partial charge in [-0.25, -0.2) is 8.42 Å². The summed E-state index contributed by atoms with van der Waals surface area (Å²) in [7, 11) is -3.33. The number of rotatable bonds is 3. The number of nitrogen functional groups attached to an aromatic ring is 1. The summed E-state index contributed by atoms with van der Waals surface area (Å²) in [5.41, 5.74) is 8.01. The number of sulfone groups is 1. The molecule has 5 heteroatoms. The molecule has 2 rings (SSSR count). The van der Waals surface area contributed by atoms with Crippen LogP contribution in [0.5, 0.6) is 0 Å². The van der Waals surface area contributed by atoms with Crippen molar-refractivity contribution in [2.75, 3.05) is 5.73 Å². The van der Waals surface area contributed by atoms with Crippen molar-refractivity contribution in [1.29, 1.82) is 0 Å². The Morgan fingerprint density at radius 2 is 1.74 bits per heavy atom. The molecule has 0 saturated carbocycles. The van der Waals surface area contributed by atoms with Crippen LogP contribution in [0, 0.1) is 6.92 Å². The van der Waals surface area contributed by atoms with Gasteiger partial charge >= 0.3 is 0 Å². The minimum atomic E-state index is -3.33. The Balaban J connectivity index is 2.30. The maximum absolute atomic E-state index is 12.3. The number of aryl methyl sites for hydroxylation is 1. The van der Waals surface area contributed by atoms with E-state index in [0.29, 0.717) is 16.1 Å². The second-order valence-electron chi connectivity index (χ2n) is 4.43. The van der Waals surface area contributed by atoms with Gasteiger partial charge in [0.05, 0.1) is 10.6 Å². The molecule has 0 fully saturated rings. The van der Waals surface area contributed by atoms with Crippen LogP contribution in [-0.2, 0) is 15.6 Å². The molecule has 0 aliphatic rings. The minimum absolute atomic E-state index is 0.0481. The minimum Gasteiger partial charge on any atom is -0.398 e. The van der Waals surface area contributed by atoms with E-state index < -0.39 is 9.84 Å². The van der Waals surface area contributed by atoms with Gasteiger partial charge in [-0.2, -0.15) is 0 Å². The van der Waals surface area contributed by atoms with Crippen molar-refractivity contribution < 1.29 is 8.42 Å². The maximum Gasteiger partial charge on any atom is 0.182 e. The number of halogens is 1. The van der Waals surface area contributed by atoms with Crippen molar-refractivity contribution in [1.82, 2.24) is 0 Å². The summed E-state index contributed by atoms with van der Waals surface area (Å²) >= 11 is 3.29. The summed E-state index contributed by atoms with van der Waals surface area (Å²) in [4.78, 5) is 0.333. The quantitative estimate of drug-likeness (QED) is 0.872. The fraction of sp³-hybridized carbons (Fsp3) is 0.143. The third-order valence-electron chi connectivity index (χ3n) is 2.80. The predicted octanol–water partition coefficient (Wildman–Crippen LogP) is 3.31. The summed E-state index contributed by atoms with van der Waals surface area (Å²) < 4.78 is 25.3. The monoisotopic (exact) mass is 339 g/mol. The summed E-state index contributed by atoms with van der Waals surface area (Å²) in [6.45, 7) is 1.92. The van der Waals surface area contributed by atoms with Crippen LogP contribution in [0.15, 0.2) is 51.8 Å². The summed E-state index contributed by atoms with van der Waals surface area (Å²) in [6.07, 6.45) is 0. The van der Waals surface area contributed by atoms with Crippen LogP contribution in [0.4, 0.5) is 5.69 Å². The van der Waals surface area contributed by atoms with Gasteiger partial charge in [-0.3, -0.25) is 0 Å². The first-order valence-electron chi connectivity index (χ1n) is 5.72. The first-order chi connectivity index (χ1) is 8.88. The molecule has 3 nitrogen and oxygen atoms in total. The van der Waals surface area contributed by atoms with Gasteiger partial charge < -0.3 is 5.73 Å². The number of anilines is 1. The number of hydrogen-bond acceptors (Lipinski definition) is 3. The van der Waals surface area contributed by atoms with Crippen LogP contribution in [0.3, 0.4) is 0 Å². The highest BCUT2D eigenvalue weighted by Crippen LogP contribution is 2.23. The van der Waals surface area contributed by atoms with Crippen LogP contribution < -0.4 is 5.73 Å². The molecule has 2 aromatic rings. The predicted molar refractivity (Wildman–Crippen MR) is 80.6 cm³/mol. The Morgan fingerprint density at radius 3 is 2.32 bits per heavy atom. The van der Waals surface area contributed by atoms with Crippen molar-refractivity contribution in [3.8, 4) is 0 Å². The van der Waals surface area contributed by atoms with Crippen molar-refractivity contribution in [2.45, 2.75) is 17.6 Å². The number of nitrogens with two attached hydrogens (primary N) is 1. The molecule has 0 unspecified atom stereocenters. The molecule has 0 aromatic heterocycles. The van der Waals surface area contributed by atoms with E-state index in [0.717, 1.165) is 10.0 Å². The summed E-state index contributed by atoms with van der Waals surface area (Å²) in [5.74, 6) is -0.0481. The van der Waals surface area contributed by atoms with Gasteiger partial charge in [0.25, 0.3) is 0 Å². The van der Waals surface area contributed by atoms with Gasteiger partial charge in [0.15, 0.2) is 9.84 Å². The molecular weight excluding hydrogens is 326 g/mol. The zero-order valence-electron chi connectivity index (χ0n) is 10.4.